The zero-order valence-corrected chi connectivity index (χ0v) is 55.6. The van der Waals surface area contributed by atoms with Gasteiger partial charge < -0.3 is 33.8 Å². The van der Waals surface area contributed by atoms with Gasteiger partial charge in [0.25, 0.3) is 0 Å². The van der Waals surface area contributed by atoms with Gasteiger partial charge in [0, 0.05) is 25.7 Å². The Morgan fingerprint density at radius 1 is 0.337 bits per heavy atom. The van der Waals surface area contributed by atoms with E-state index in [0.717, 1.165) is 114 Å². The number of carbonyl (C=O) groups excluding carboxylic acids is 4. The number of hydrogen-bond donors (Lipinski definition) is 3. The van der Waals surface area contributed by atoms with Crippen molar-refractivity contribution < 1.29 is 80.2 Å². The maximum atomic E-state index is 13.0. The summed E-state index contributed by atoms with van der Waals surface area (Å²) in [4.78, 5) is 72.2. The van der Waals surface area contributed by atoms with Crippen LogP contribution in [0, 0.1) is 23.7 Å². The molecule has 0 aromatic heterocycles. The highest BCUT2D eigenvalue weighted by molar-refractivity contribution is 7.47. The Morgan fingerprint density at radius 3 is 0.855 bits per heavy atom. The molecule has 83 heavy (non-hydrogen) atoms. The van der Waals surface area contributed by atoms with Crippen molar-refractivity contribution in [2.24, 2.45) is 23.7 Å². The minimum Gasteiger partial charge on any atom is -0.462 e. The van der Waals surface area contributed by atoms with Gasteiger partial charge in [-0.2, -0.15) is 0 Å². The summed E-state index contributed by atoms with van der Waals surface area (Å²) in [6, 6.07) is 0. The lowest BCUT2D eigenvalue weighted by atomic mass is 9.99. The second-order valence-electron chi connectivity index (χ2n) is 24.6. The number of hydrogen-bond acceptors (Lipinski definition) is 15. The van der Waals surface area contributed by atoms with Crippen molar-refractivity contribution in [3.8, 4) is 0 Å². The summed E-state index contributed by atoms with van der Waals surface area (Å²) < 4.78 is 68.0. The van der Waals surface area contributed by atoms with Gasteiger partial charge in [0.1, 0.15) is 19.3 Å². The standard InChI is InChI=1S/C64H124O17P2/c1-9-56(7)42-34-26-17-14-15-18-28-36-44-61(66)74-50-60(81-64(69)47-39-31-22-20-25-33-41-55(5)6)53-79-83(72,73)77-49-58(65)48-76-82(70,71)78-52-59(51-75-62(67)45-37-29-23-21-27-35-43-57(8)10-2)80-63(68)46-38-30-19-13-11-12-16-24-32-40-54(3)4/h54-60,65H,9-53H2,1-8H3,(H,70,71)(H,72,73)/t56?,57?,58-,59+,60+/m0/s1. The number of unbranched alkanes of at least 4 members (excludes halogenated alkanes) is 25. The molecule has 0 spiro atoms. The second-order valence-corrected chi connectivity index (χ2v) is 27.5. The van der Waals surface area contributed by atoms with Crippen LogP contribution in [0.1, 0.15) is 306 Å². The molecule has 0 bridgehead atoms. The zero-order chi connectivity index (χ0) is 61.8. The molecule has 17 nitrogen and oxygen atoms in total. The van der Waals surface area contributed by atoms with Gasteiger partial charge in [0.05, 0.1) is 26.4 Å². The van der Waals surface area contributed by atoms with Crippen LogP contribution < -0.4 is 0 Å². The maximum Gasteiger partial charge on any atom is 0.472 e. The summed E-state index contributed by atoms with van der Waals surface area (Å²) in [5, 5.41) is 10.5. The van der Waals surface area contributed by atoms with Gasteiger partial charge in [-0.05, 0) is 49.4 Å². The molecule has 0 saturated heterocycles. The van der Waals surface area contributed by atoms with E-state index < -0.39 is 97.5 Å². The van der Waals surface area contributed by atoms with E-state index in [4.69, 9.17) is 37.0 Å². The van der Waals surface area contributed by atoms with E-state index in [1.54, 1.807) is 0 Å². The van der Waals surface area contributed by atoms with Crippen molar-refractivity contribution in [2.75, 3.05) is 39.6 Å². The number of rotatable bonds is 61. The third-order valence-electron chi connectivity index (χ3n) is 15.3. The molecule has 492 valence electrons. The Hall–Kier alpha value is -1.94. The van der Waals surface area contributed by atoms with Crippen LogP contribution in [0.2, 0.25) is 0 Å². The van der Waals surface area contributed by atoms with Crippen molar-refractivity contribution in [1.29, 1.82) is 0 Å². The molecular weight excluding hydrogens is 1100 g/mol. The van der Waals surface area contributed by atoms with Gasteiger partial charge in [-0.1, -0.05) is 254 Å². The SMILES string of the molecule is CCC(C)CCCCCCCCCCC(=O)OC[C@H](COP(=O)(O)OC[C@@H](O)COP(=O)(O)OC[C@@H](COC(=O)CCCCCCCCC(C)CC)OC(=O)CCCCCCCCCCCC(C)C)OC(=O)CCCCCCCCC(C)C. The van der Waals surface area contributed by atoms with Crippen LogP contribution in [-0.4, -0.2) is 96.7 Å². The van der Waals surface area contributed by atoms with Crippen LogP contribution >= 0.6 is 15.6 Å². The van der Waals surface area contributed by atoms with Crippen molar-refractivity contribution in [2.45, 2.75) is 324 Å². The summed E-state index contributed by atoms with van der Waals surface area (Å²) in [5.74, 6) is 0.771. The van der Waals surface area contributed by atoms with Crippen molar-refractivity contribution in [3.05, 3.63) is 0 Å². The molecule has 0 aromatic carbocycles. The summed E-state index contributed by atoms with van der Waals surface area (Å²) in [6.07, 6.45) is 33.6. The van der Waals surface area contributed by atoms with E-state index >= 15 is 0 Å². The summed E-state index contributed by atoms with van der Waals surface area (Å²) in [7, 11) is -9.89. The lowest BCUT2D eigenvalue weighted by Gasteiger charge is -2.21. The number of esters is 4. The van der Waals surface area contributed by atoms with Gasteiger partial charge in [-0.15, -0.1) is 0 Å². The molecule has 0 aliphatic carbocycles. The van der Waals surface area contributed by atoms with E-state index in [2.05, 4.69) is 55.4 Å². The fourth-order valence-electron chi connectivity index (χ4n) is 9.36. The Balaban J connectivity index is 5.25. The molecule has 0 heterocycles. The molecular formula is C64H124O17P2. The third-order valence-corrected chi connectivity index (χ3v) is 17.2. The monoisotopic (exact) mass is 1230 g/mol. The van der Waals surface area contributed by atoms with Gasteiger partial charge in [-0.25, -0.2) is 9.13 Å². The predicted molar refractivity (Wildman–Crippen MR) is 331 cm³/mol. The smallest absolute Gasteiger partial charge is 0.462 e. The van der Waals surface area contributed by atoms with Crippen LogP contribution in [0.15, 0.2) is 0 Å². The highest BCUT2D eigenvalue weighted by atomic mass is 31.2. The Labute approximate surface area is 505 Å². The second kappa shape index (κ2) is 54.2. The molecule has 0 amide bonds. The molecule has 3 N–H and O–H groups in total. The lowest BCUT2D eigenvalue weighted by Crippen LogP contribution is -2.30. The van der Waals surface area contributed by atoms with Gasteiger partial charge in [0.15, 0.2) is 12.2 Å². The fraction of sp³-hybridized carbons (Fsp3) is 0.938. The van der Waals surface area contributed by atoms with E-state index in [0.29, 0.717) is 31.6 Å². The third kappa shape index (κ3) is 56.3. The molecule has 4 unspecified atom stereocenters. The first kappa shape index (κ1) is 81.1. The number of carbonyl (C=O) groups is 4. The first-order chi connectivity index (χ1) is 39.7. The van der Waals surface area contributed by atoms with E-state index in [1.807, 2.05) is 0 Å². The van der Waals surface area contributed by atoms with Crippen LogP contribution in [0.5, 0.6) is 0 Å². The summed E-state index contributed by atoms with van der Waals surface area (Å²) in [5.41, 5.74) is 0. The topological polar surface area (TPSA) is 237 Å². The van der Waals surface area contributed by atoms with Gasteiger partial charge in [-0.3, -0.25) is 37.3 Å². The predicted octanol–water partition coefficient (Wildman–Crippen LogP) is 17.4. The Bertz CT molecular complexity index is 1670. The van der Waals surface area contributed by atoms with E-state index in [1.165, 1.54) is 103 Å². The Kier molecular flexibility index (Phi) is 53.0. The highest BCUT2D eigenvalue weighted by Crippen LogP contribution is 2.45. The molecule has 19 heteroatoms. The van der Waals surface area contributed by atoms with Crippen molar-refractivity contribution >= 4 is 39.5 Å². The van der Waals surface area contributed by atoms with Crippen LogP contribution in [-0.2, 0) is 65.4 Å². The average Bonchev–Trinajstić information content (AvgIpc) is 3.45. The molecule has 0 aromatic rings. The lowest BCUT2D eigenvalue weighted by molar-refractivity contribution is -0.161. The fourth-order valence-corrected chi connectivity index (χ4v) is 10.9. The van der Waals surface area contributed by atoms with Crippen LogP contribution in [0.4, 0.5) is 0 Å². The molecule has 7 atom stereocenters. The molecule has 0 aliphatic rings. The number of phosphoric ester groups is 2. The number of ether oxygens (including phenoxy) is 4. The van der Waals surface area contributed by atoms with Crippen molar-refractivity contribution in [1.82, 2.24) is 0 Å². The molecule has 0 radical (unpaired) electrons. The van der Waals surface area contributed by atoms with Crippen LogP contribution in [0.3, 0.4) is 0 Å². The molecule has 0 fully saturated rings. The largest absolute Gasteiger partial charge is 0.472 e. The maximum absolute atomic E-state index is 13.0. The van der Waals surface area contributed by atoms with Gasteiger partial charge >= 0.3 is 39.5 Å². The van der Waals surface area contributed by atoms with Gasteiger partial charge in [0.2, 0.25) is 0 Å². The first-order valence-corrected chi connectivity index (χ1v) is 36.3. The highest BCUT2D eigenvalue weighted by Gasteiger charge is 2.30. The average molecular weight is 1230 g/mol. The molecule has 0 aliphatic heterocycles. The zero-order valence-electron chi connectivity index (χ0n) is 53.8. The summed E-state index contributed by atoms with van der Waals surface area (Å²) in [6.45, 7) is 13.9. The van der Waals surface area contributed by atoms with E-state index in [9.17, 15) is 43.2 Å². The quantitative estimate of drug-likeness (QED) is 0.0222. The minimum atomic E-state index is -4.95. The molecule has 0 saturated carbocycles. The van der Waals surface area contributed by atoms with Crippen molar-refractivity contribution in [3.63, 3.8) is 0 Å². The number of phosphoric acid groups is 2. The van der Waals surface area contributed by atoms with E-state index in [-0.39, 0.29) is 25.7 Å². The normalized spacial score (nSPS) is 15.1. The molecule has 0 rings (SSSR count). The number of aliphatic hydroxyl groups is 1. The summed E-state index contributed by atoms with van der Waals surface area (Å²) >= 11 is 0. The first-order valence-electron chi connectivity index (χ1n) is 33.3. The Morgan fingerprint density at radius 2 is 0.578 bits per heavy atom. The number of aliphatic hydroxyl groups excluding tert-OH is 1. The van der Waals surface area contributed by atoms with Crippen LogP contribution in [0.25, 0.3) is 0 Å². The minimum absolute atomic E-state index is 0.101.